The number of hydrogen-bond acceptors (Lipinski definition) is 4. The number of benzene rings is 1. The quantitative estimate of drug-likeness (QED) is 0.693. The number of hydrogen-bond donors (Lipinski definition) is 2. The van der Waals surface area contributed by atoms with Crippen LogP contribution in [0.25, 0.3) is 0 Å². The van der Waals surface area contributed by atoms with Gasteiger partial charge in [-0.3, -0.25) is 4.79 Å². The van der Waals surface area contributed by atoms with Crippen LogP contribution in [0.15, 0.2) is 36.0 Å². The summed E-state index contributed by atoms with van der Waals surface area (Å²) < 4.78 is 4.56. The molecule has 1 aliphatic rings. The summed E-state index contributed by atoms with van der Waals surface area (Å²) in [5, 5.41) is 5.49. The van der Waals surface area contributed by atoms with Gasteiger partial charge in [-0.05, 0) is 12.1 Å². The van der Waals surface area contributed by atoms with Crippen LogP contribution in [0.4, 0.5) is 11.4 Å². The molecule has 1 aromatic rings. The van der Waals surface area contributed by atoms with Crippen LogP contribution in [0.5, 0.6) is 0 Å². The first kappa shape index (κ1) is 10.2. The van der Waals surface area contributed by atoms with Gasteiger partial charge in [-0.1, -0.05) is 12.1 Å². The van der Waals surface area contributed by atoms with Crippen LogP contribution in [0.1, 0.15) is 0 Å². The lowest BCUT2D eigenvalue weighted by Crippen LogP contribution is -2.13. The molecule has 16 heavy (non-hydrogen) atoms. The van der Waals surface area contributed by atoms with Crippen molar-refractivity contribution in [3.05, 3.63) is 36.0 Å². The second-order valence-electron chi connectivity index (χ2n) is 3.21. The van der Waals surface area contributed by atoms with E-state index in [2.05, 4.69) is 15.4 Å². The maximum Gasteiger partial charge on any atom is 0.354 e. The van der Waals surface area contributed by atoms with Gasteiger partial charge in [0, 0.05) is 6.08 Å². The summed E-state index contributed by atoms with van der Waals surface area (Å²) in [4.78, 5) is 22.8. The van der Waals surface area contributed by atoms with Gasteiger partial charge in [0.1, 0.15) is 5.70 Å². The fourth-order valence-corrected chi connectivity index (χ4v) is 1.40. The summed E-state index contributed by atoms with van der Waals surface area (Å²) in [6.45, 7) is 0. The molecule has 0 radical (unpaired) electrons. The van der Waals surface area contributed by atoms with E-state index in [1.54, 1.807) is 24.3 Å². The van der Waals surface area contributed by atoms with Gasteiger partial charge in [0.25, 0.3) is 5.91 Å². The van der Waals surface area contributed by atoms with Crippen molar-refractivity contribution in [3.63, 3.8) is 0 Å². The van der Waals surface area contributed by atoms with E-state index >= 15 is 0 Å². The van der Waals surface area contributed by atoms with E-state index in [0.29, 0.717) is 11.4 Å². The number of ether oxygens (including phenoxy) is 1. The summed E-state index contributed by atoms with van der Waals surface area (Å²) in [5.74, 6) is -0.940. The number of nitrogens with one attached hydrogen (secondary N) is 2. The Hall–Kier alpha value is -2.30. The van der Waals surface area contributed by atoms with Gasteiger partial charge in [0.05, 0.1) is 18.5 Å². The van der Waals surface area contributed by atoms with Gasteiger partial charge in [-0.2, -0.15) is 0 Å². The zero-order chi connectivity index (χ0) is 11.5. The smallest absolute Gasteiger partial charge is 0.354 e. The van der Waals surface area contributed by atoms with E-state index in [1.807, 2.05) is 0 Å². The predicted molar refractivity (Wildman–Crippen MR) is 58.8 cm³/mol. The number of carbonyl (C=O) groups excluding carboxylic acids is 2. The Kier molecular flexibility index (Phi) is 2.59. The van der Waals surface area contributed by atoms with Crippen LogP contribution in [-0.4, -0.2) is 19.0 Å². The van der Waals surface area contributed by atoms with Crippen molar-refractivity contribution in [3.8, 4) is 0 Å². The topological polar surface area (TPSA) is 67.4 Å². The maximum absolute atomic E-state index is 11.4. The minimum atomic E-state index is -0.577. The molecule has 0 saturated heterocycles. The number of para-hydroxylation sites is 2. The van der Waals surface area contributed by atoms with Crippen molar-refractivity contribution in [2.24, 2.45) is 0 Å². The number of methoxy groups -OCH3 is 1. The first-order valence-electron chi connectivity index (χ1n) is 4.68. The number of anilines is 2. The van der Waals surface area contributed by atoms with Crippen molar-refractivity contribution in [1.29, 1.82) is 0 Å². The molecule has 0 saturated carbocycles. The monoisotopic (exact) mass is 218 g/mol. The molecule has 0 bridgehead atoms. The van der Waals surface area contributed by atoms with Gasteiger partial charge < -0.3 is 15.4 Å². The van der Waals surface area contributed by atoms with Crippen molar-refractivity contribution in [2.75, 3.05) is 17.7 Å². The molecule has 0 aliphatic carbocycles. The van der Waals surface area contributed by atoms with Gasteiger partial charge >= 0.3 is 5.97 Å². The van der Waals surface area contributed by atoms with E-state index in [0.717, 1.165) is 0 Å². The van der Waals surface area contributed by atoms with Crippen LogP contribution >= 0.6 is 0 Å². The molecule has 1 aliphatic heterocycles. The summed E-state index contributed by atoms with van der Waals surface area (Å²) in [5.41, 5.74) is 1.40. The Morgan fingerprint density at radius 1 is 1.19 bits per heavy atom. The summed E-state index contributed by atoms with van der Waals surface area (Å²) in [6, 6.07) is 7.11. The van der Waals surface area contributed by atoms with Gasteiger partial charge in [-0.25, -0.2) is 4.79 Å². The Labute approximate surface area is 92.1 Å². The molecule has 5 heteroatoms. The first-order chi connectivity index (χ1) is 7.70. The highest BCUT2D eigenvalue weighted by molar-refractivity contribution is 6.09. The number of esters is 1. The van der Waals surface area contributed by atoms with Gasteiger partial charge in [0.15, 0.2) is 0 Å². The summed E-state index contributed by atoms with van der Waals surface area (Å²) in [7, 11) is 1.26. The molecule has 1 heterocycles. The molecular formula is C11H10N2O3. The lowest BCUT2D eigenvalue weighted by molar-refractivity contribution is -0.136. The standard InChI is InChI=1S/C11H10N2O3/c1-16-11(15)9-6-10(14)13-8-5-3-2-4-7(8)12-9/h2-6,12H,1H3,(H,13,14). The fraction of sp³-hybridized carbons (Fsp3) is 0.0909. The normalized spacial score (nSPS) is 13.8. The zero-order valence-corrected chi connectivity index (χ0v) is 8.61. The molecule has 0 unspecified atom stereocenters. The Morgan fingerprint density at radius 3 is 2.44 bits per heavy atom. The Bertz CT molecular complexity index is 480. The SMILES string of the molecule is COC(=O)C1=CC(=O)Nc2ccccc2N1. The molecule has 0 spiro atoms. The third-order valence-corrected chi connectivity index (χ3v) is 2.14. The number of carbonyl (C=O) groups is 2. The molecular weight excluding hydrogens is 208 g/mol. The molecule has 0 aromatic heterocycles. The lowest BCUT2D eigenvalue weighted by Gasteiger charge is -2.08. The van der Waals surface area contributed by atoms with Crippen LogP contribution < -0.4 is 10.6 Å². The molecule has 1 aromatic carbocycles. The largest absolute Gasteiger partial charge is 0.464 e. The van der Waals surface area contributed by atoms with Gasteiger partial charge in [0.2, 0.25) is 0 Å². The number of rotatable bonds is 1. The van der Waals surface area contributed by atoms with Crippen molar-refractivity contribution in [2.45, 2.75) is 0 Å². The third kappa shape index (κ3) is 1.88. The van der Waals surface area contributed by atoms with Crippen molar-refractivity contribution >= 4 is 23.3 Å². The third-order valence-electron chi connectivity index (χ3n) is 2.14. The average Bonchev–Trinajstić information content (AvgIpc) is 2.45. The average molecular weight is 218 g/mol. The molecule has 0 atom stereocenters. The molecule has 1 amide bonds. The van der Waals surface area contributed by atoms with Crippen molar-refractivity contribution in [1.82, 2.24) is 0 Å². The predicted octanol–water partition coefficient (Wildman–Crippen LogP) is 1.11. The molecule has 82 valence electrons. The van der Waals surface area contributed by atoms with Gasteiger partial charge in [-0.15, -0.1) is 0 Å². The van der Waals surface area contributed by atoms with Crippen LogP contribution in [0.3, 0.4) is 0 Å². The second kappa shape index (κ2) is 4.06. The molecule has 0 fully saturated rings. The summed E-state index contributed by atoms with van der Waals surface area (Å²) in [6.07, 6.45) is 1.17. The van der Waals surface area contributed by atoms with Crippen molar-refractivity contribution < 1.29 is 14.3 Å². The molecule has 2 rings (SSSR count). The second-order valence-corrected chi connectivity index (χ2v) is 3.21. The first-order valence-corrected chi connectivity index (χ1v) is 4.68. The minimum absolute atomic E-state index is 0.116. The highest BCUT2D eigenvalue weighted by atomic mass is 16.5. The van der Waals surface area contributed by atoms with E-state index < -0.39 is 5.97 Å². The van der Waals surface area contributed by atoms with E-state index in [-0.39, 0.29) is 11.6 Å². The highest BCUT2D eigenvalue weighted by Gasteiger charge is 2.17. The molecule has 5 nitrogen and oxygen atoms in total. The fourth-order valence-electron chi connectivity index (χ4n) is 1.40. The van der Waals surface area contributed by atoms with Crippen LogP contribution in [-0.2, 0) is 14.3 Å². The van der Waals surface area contributed by atoms with Crippen LogP contribution in [0, 0.1) is 0 Å². The highest BCUT2D eigenvalue weighted by Crippen LogP contribution is 2.24. The van der Waals surface area contributed by atoms with E-state index in [9.17, 15) is 9.59 Å². The minimum Gasteiger partial charge on any atom is -0.464 e. The van der Waals surface area contributed by atoms with E-state index in [1.165, 1.54) is 13.2 Å². The lowest BCUT2D eigenvalue weighted by atomic mass is 10.2. The Balaban J connectivity index is 2.39. The zero-order valence-electron chi connectivity index (χ0n) is 8.61. The number of fused-ring (bicyclic) bond motifs is 1. The van der Waals surface area contributed by atoms with E-state index in [4.69, 9.17) is 0 Å². The summed E-state index contributed by atoms with van der Waals surface area (Å²) >= 11 is 0. The maximum atomic E-state index is 11.4. The van der Waals surface area contributed by atoms with Crippen LogP contribution in [0.2, 0.25) is 0 Å². The number of amides is 1. The Morgan fingerprint density at radius 2 is 1.81 bits per heavy atom. The molecule has 2 N–H and O–H groups in total.